The summed E-state index contributed by atoms with van der Waals surface area (Å²) in [5.41, 5.74) is 0. The van der Waals surface area contributed by atoms with Gasteiger partial charge < -0.3 is 0 Å². The standard InChI is InChI=1S/C37H71O2PS/c1-5-9-13-17-18-19-20-21-22-23-24-28-34-40(31-25-14-10-6-2,32-26-15-11-7-3,33-27-16-12-8-4)39-37(38)36-30-29-35-41-36/h29-30,35H,5-28,31-34H2,1-4H3. The van der Waals surface area contributed by atoms with Crippen LogP contribution >= 0.6 is 18.2 Å². The van der Waals surface area contributed by atoms with Crippen molar-refractivity contribution in [1.82, 2.24) is 0 Å². The van der Waals surface area contributed by atoms with Crippen LogP contribution in [-0.2, 0) is 4.52 Å². The number of thiophene rings is 1. The molecule has 1 rings (SSSR count). The summed E-state index contributed by atoms with van der Waals surface area (Å²) in [5.74, 6) is -0.00178. The van der Waals surface area contributed by atoms with Crippen molar-refractivity contribution in [2.24, 2.45) is 0 Å². The van der Waals surface area contributed by atoms with Gasteiger partial charge in [0.05, 0.1) is 0 Å². The van der Waals surface area contributed by atoms with Gasteiger partial charge in [0, 0.05) is 0 Å². The molecule has 0 saturated heterocycles. The molecule has 0 N–H and O–H groups in total. The van der Waals surface area contributed by atoms with Crippen LogP contribution in [0.1, 0.15) is 191 Å². The molecule has 41 heavy (non-hydrogen) atoms. The van der Waals surface area contributed by atoms with E-state index < -0.39 is 6.83 Å². The van der Waals surface area contributed by atoms with Crippen LogP contribution in [0.2, 0.25) is 0 Å². The van der Waals surface area contributed by atoms with E-state index >= 15 is 0 Å². The summed E-state index contributed by atoms with van der Waals surface area (Å²) in [4.78, 5) is 14.5. The van der Waals surface area contributed by atoms with Crippen LogP contribution in [-0.4, -0.2) is 30.6 Å². The molecule has 4 heteroatoms. The summed E-state index contributed by atoms with van der Waals surface area (Å²) in [6.45, 7) is 6.55. The van der Waals surface area contributed by atoms with Gasteiger partial charge in [-0.15, -0.1) is 0 Å². The van der Waals surface area contributed by atoms with Crippen molar-refractivity contribution in [3.63, 3.8) is 0 Å². The number of carbonyl (C=O) groups excluding carboxylic acids is 1. The molecular weight excluding hydrogens is 539 g/mol. The van der Waals surface area contributed by atoms with Crippen LogP contribution in [0.5, 0.6) is 0 Å². The zero-order valence-corrected chi connectivity index (χ0v) is 29.9. The summed E-state index contributed by atoms with van der Waals surface area (Å²) in [5, 5.41) is 2.03. The molecule has 0 saturated carbocycles. The molecule has 0 aliphatic carbocycles. The Bertz CT molecular complexity index is 683. The Labute approximate surface area is 261 Å². The molecule has 0 aliphatic rings. The molecule has 1 heterocycles. The van der Waals surface area contributed by atoms with E-state index in [-0.39, 0.29) is 5.97 Å². The topological polar surface area (TPSA) is 26.3 Å². The molecule has 1 aromatic rings. The van der Waals surface area contributed by atoms with E-state index in [9.17, 15) is 4.79 Å². The number of rotatable bonds is 30. The minimum absolute atomic E-state index is 0.00178. The molecule has 0 unspecified atom stereocenters. The predicted molar refractivity (Wildman–Crippen MR) is 190 cm³/mol. The minimum atomic E-state index is -2.66. The maximum absolute atomic E-state index is 13.7. The fourth-order valence-corrected chi connectivity index (χ4v) is 13.7. The Kier molecular flexibility index (Phi) is 23.5. The zero-order chi connectivity index (χ0) is 29.9. The fraction of sp³-hybridized carbons (Fsp3) is 0.865. The van der Waals surface area contributed by atoms with E-state index in [4.69, 9.17) is 4.52 Å². The average Bonchev–Trinajstić information content (AvgIpc) is 3.53. The Morgan fingerprint density at radius 2 is 0.854 bits per heavy atom. The summed E-state index contributed by atoms with van der Waals surface area (Å²) >= 11 is 1.56. The first kappa shape index (κ1) is 38.6. The van der Waals surface area contributed by atoms with Crippen molar-refractivity contribution in [3.05, 3.63) is 22.4 Å². The number of unbranched alkanes of at least 4 members (excludes halogenated alkanes) is 20. The Morgan fingerprint density at radius 3 is 1.17 bits per heavy atom. The third kappa shape index (κ3) is 17.5. The fourth-order valence-electron chi connectivity index (χ4n) is 6.70. The Hall–Kier alpha value is -0.400. The van der Waals surface area contributed by atoms with Crippen LogP contribution in [0.15, 0.2) is 17.5 Å². The van der Waals surface area contributed by atoms with Gasteiger partial charge in [-0.2, -0.15) is 0 Å². The molecule has 0 radical (unpaired) electrons. The van der Waals surface area contributed by atoms with Gasteiger partial charge in [-0.25, -0.2) is 0 Å². The molecule has 0 aromatic carbocycles. The molecule has 2 nitrogen and oxygen atoms in total. The second-order valence-electron chi connectivity index (χ2n) is 13.2. The van der Waals surface area contributed by atoms with Crippen LogP contribution < -0.4 is 0 Å². The van der Waals surface area contributed by atoms with E-state index in [0.29, 0.717) is 0 Å². The van der Waals surface area contributed by atoms with Crippen LogP contribution in [0.4, 0.5) is 0 Å². The molecule has 0 amide bonds. The van der Waals surface area contributed by atoms with Crippen LogP contribution in [0.3, 0.4) is 0 Å². The Balaban J connectivity index is 2.95. The average molecular weight is 611 g/mol. The van der Waals surface area contributed by atoms with Gasteiger partial charge in [-0.3, -0.25) is 0 Å². The van der Waals surface area contributed by atoms with Crippen molar-refractivity contribution < 1.29 is 9.32 Å². The van der Waals surface area contributed by atoms with Crippen LogP contribution in [0, 0.1) is 0 Å². The van der Waals surface area contributed by atoms with E-state index in [2.05, 4.69) is 27.7 Å². The quantitative estimate of drug-likeness (QED) is 0.0640. The monoisotopic (exact) mass is 610 g/mol. The van der Waals surface area contributed by atoms with Gasteiger partial charge in [0.2, 0.25) is 0 Å². The van der Waals surface area contributed by atoms with Crippen LogP contribution in [0.25, 0.3) is 0 Å². The third-order valence-corrected chi connectivity index (χ3v) is 16.7. The summed E-state index contributed by atoms with van der Waals surface area (Å²) in [7, 11) is 0. The molecule has 0 atom stereocenters. The summed E-state index contributed by atoms with van der Waals surface area (Å²) in [6.07, 6.45) is 36.5. The summed E-state index contributed by atoms with van der Waals surface area (Å²) < 4.78 is 7.11. The van der Waals surface area contributed by atoms with Gasteiger partial charge in [0.1, 0.15) is 0 Å². The molecule has 0 bridgehead atoms. The van der Waals surface area contributed by atoms with Gasteiger partial charge in [0.15, 0.2) is 0 Å². The van der Waals surface area contributed by atoms with Crippen molar-refractivity contribution in [1.29, 1.82) is 0 Å². The molecule has 242 valence electrons. The summed E-state index contributed by atoms with van der Waals surface area (Å²) in [6, 6.07) is 3.98. The normalized spacial score (nSPS) is 12.8. The van der Waals surface area contributed by atoms with Gasteiger partial charge in [-0.1, -0.05) is 13.3 Å². The second kappa shape index (κ2) is 25.0. The van der Waals surface area contributed by atoms with Gasteiger partial charge in [-0.05, 0) is 0 Å². The molecule has 0 spiro atoms. The Morgan fingerprint density at radius 1 is 0.537 bits per heavy atom. The molecule has 0 aliphatic heterocycles. The zero-order valence-electron chi connectivity index (χ0n) is 28.2. The predicted octanol–water partition coefficient (Wildman–Crippen LogP) is 13.8. The first-order valence-electron chi connectivity index (χ1n) is 18.3. The first-order valence-corrected chi connectivity index (χ1v) is 22.1. The SMILES string of the molecule is CCCCCCCCCCCCCCP(CCCCCC)(CCCCCC)(CCCCCC)OC(=O)c1cccs1. The maximum atomic E-state index is 13.7. The van der Waals surface area contributed by atoms with Gasteiger partial charge >= 0.3 is 249 Å². The second-order valence-corrected chi connectivity index (χ2v) is 19.8. The van der Waals surface area contributed by atoms with Crippen molar-refractivity contribution in [2.75, 3.05) is 24.6 Å². The van der Waals surface area contributed by atoms with E-state index in [1.807, 2.05) is 17.5 Å². The third-order valence-electron chi connectivity index (χ3n) is 9.37. The van der Waals surface area contributed by atoms with E-state index in [1.54, 1.807) is 11.3 Å². The number of hydrogen-bond donors (Lipinski definition) is 0. The number of carbonyl (C=O) groups is 1. The molecule has 0 fully saturated rings. The van der Waals surface area contributed by atoms with Crippen molar-refractivity contribution >= 4 is 24.1 Å². The van der Waals surface area contributed by atoms with Gasteiger partial charge in [0.25, 0.3) is 0 Å². The van der Waals surface area contributed by atoms with Crippen molar-refractivity contribution in [2.45, 2.75) is 182 Å². The molecule has 1 aromatic heterocycles. The van der Waals surface area contributed by atoms with Crippen molar-refractivity contribution in [3.8, 4) is 0 Å². The number of hydrogen-bond acceptors (Lipinski definition) is 3. The molecular formula is C37H71O2PS. The van der Waals surface area contributed by atoms with E-state index in [0.717, 1.165) is 4.88 Å². The first-order chi connectivity index (χ1) is 20.0. The van der Waals surface area contributed by atoms with E-state index in [1.165, 1.54) is 179 Å².